The lowest BCUT2D eigenvalue weighted by atomic mass is 9.94. The predicted octanol–water partition coefficient (Wildman–Crippen LogP) is 4.57. The van der Waals surface area contributed by atoms with Crippen LogP contribution in [0, 0.1) is 0 Å². The van der Waals surface area contributed by atoms with Crippen LogP contribution in [0.15, 0.2) is 63.8 Å². The van der Waals surface area contributed by atoms with Crippen LogP contribution in [0.2, 0.25) is 0 Å². The lowest BCUT2D eigenvalue weighted by Gasteiger charge is -2.16. The number of aliphatic hydroxyl groups excluding tert-OH is 1. The third-order valence-corrected chi connectivity index (χ3v) is 5.15. The summed E-state index contributed by atoms with van der Waals surface area (Å²) in [6.45, 7) is 11.3. The zero-order chi connectivity index (χ0) is 22.9. The van der Waals surface area contributed by atoms with Crippen molar-refractivity contribution in [3.8, 4) is 28.6 Å². The van der Waals surface area contributed by atoms with Crippen LogP contribution >= 0.6 is 0 Å². The molecule has 0 saturated carbocycles. The fourth-order valence-corrected chi connectivity index (χ4v) is 3.38. The van der Waals surface area contributed by atoms with E-state index in [1.807, 2.05) is 6.92 Å². The highest BCUT2D eigenvalue weighted by Crippen LogP contribution is 2.35. The molecule has 0 spiro atoms. The lowest BCUT2D eigenvalue weighted by molar-refractivity contribution is 0.210. The van der Waals surface area contributed by atoms with Gasteiger partial charge in [0.1, 0.15) is 34.0 Å². The zero-order valence-electron chi connectivity index (χ0n) is 17.6. The van der Waals surface area contributed by atoms with E-state index >= 15 is 0 Å². The quantitative estimate of drug-likeness (QED) is 0.415. The first-order valence-corrected chi connectivity index (χ1v) is 9.89. The molecule has 0 bridgehead atoms. The summed E-state index contributed by atoms with van der Waals surface area (Å²) in [7, 11) is 0. The Morgan fingerprint density at radius 3 is 2.35 bits per heavy atom. The molecule has 0 aliphatic heterocycles. The van der Waals surface area contributed by atoms with Crippen LogP contribution in [-0.4, -0.2) is 26.5 Å². The van der Waals surface area contributed by atoms with Gasteiger partial charge in [-0.15, -0.1) is 6.58 Å². The molecule has 0 aliphatic rings. The van der Waals surface area contributed by atoms with Crippen LogP contribution in [0.1, 0.15) is 31.4 Å². The Morgan fingerprint density at radius 2 is 1.71 bits per heavy atom. The smallest absolute Gasteiger partial charge is 0.197 e. The second kappa shape index (κ2) is 8.70. The van der Waals surface area contributed by atoms with Gasteiger partial charge in [-0.25, -0.2) is 0 Å². The Bertz CT molecular complexity index is 1230. The van der Waals surface area contributed by atoms with E-state index in [0.29, 0.717) is 35.1 Å². The Balaban J connectivity index is 2.19. The minimum Gasteiger partial charge on any atom is -0.508 e. The first-order valence-electron chi connectivity index (χ1n) is 9.89. The number of hydrogen-bond donors (Lipinski definition) is 4. The molecule has 2 aromatic carbocycles. The second-order valence-corrected chi connectivity index (χ2v) is 7.98. The van der Waals surface area contributed by atoms with E-state index in [9.17, 15) is 25.2 Å². The average molecular weight is 422 g/mol. The van der Waals surface area contributed by atoms with Crippen molar-refractivity contribution in [1.82, 2.24) is 0 Å². The summed E-state index contributed by atoms with van der Waals surface area (Å²) < 4.78 is 5.82. The molecule has 3 rings (SSSR count). The van der Waals surface area contributed by atoms with Gasteiger partial charge < -0.3 is 24.8 Å². The molecule has 0 radical (unpaired) electrons. The molecule has 162 valence electrons. The van der Waals surface area contributed by atoms with Gasteiger partial charge in [0.15, 0.2) is 5.43 Å². The molecule has 4 N–H and O–H groups in total. The van der Waals surface area contributed by atoms with Crippen LogP contribution in [0.4, 0.5) is 0 Å². The number of aromatic hydroxyl groups is 3. The van der Waals surface area contributed by atoms with Crippen molar-refractivity contribution in [3.63, 3.8) is 0 Å². The fraction of sp³-hybridized carbons (Fsp3) is 0.240. The summed E-state index contributed by atoms with van der Waals surface area (Å²) in [4.78, 5) is 12.6. The van der Waals surface area contributed by atoms with E-state index < -0.39 is 11.5 Å². The van der Waals surface area contributed by atoms with Gasteiger partial charge in [-0.1, -0.05) is 17.7 Å². The number of hydrogen-bond acceptors (Lipinski definition) is 6. The summed E-state index contributed by atoms with van der Waals surface area (Å²) in [5, 5.41) is 40.8. The van der Waals surface area contributed by atoms with Crippen molar-refractivity contribution >= 4 is 11.0 Å². The highest BCUT2D eigenvalue weighted by Gasteiger charge is 2.18. The van der Waals surface area contributed by atoms with Crippen molar-refractivity contribution < 1.29 is 24.8 Å². The van der Waals surface area contributed by atoms with Gasteiger partial charge in [-0.3, -0.25) is 4.79 Å². The topological polar surface area (TPSA) is 111 Å². The maximum Gasteiger partial charge on any atom is 0.197 e. The molecule has 1 aromatic heterocycles. The molecule has 0 saturated heterocycles. The second-order valence-electron chi connectivity index (χ2n) is 7.98. The van der Waals surface area contributed by atoms with Gasteiger partial charge in [-0.05, 0) is 49.9 Å². The van der Waals surface area contributed by atoms with Crippen molar-refractivity contribution in [3.05, 3.63) is 76.0 Å². The van der Waals surface area contributed by atoms with Gasteiger partial charge in [0, 0.05) is 30.2 Å². The summed E-state index contributed by atoms with van der Waals surface area (Å²) in [6, 6.07) is 6.97. The van der Waals surface area contributed by atoms with Crippen molar-refractivity contribution in [2.45, 2.75) is 39.2 Å². The lowest BCUT2D eigenvalue weighted by Crippen LogP contribution is -2.12. The molecule has 6 heteroatoms. The monoisotopic (exact) mass is 422 g/mol. The molecule has 31 heavy (non-hydrogen) atoms. The van der Waals surface area contributed by atoms with Gasteiger partial charge in [0.05, 0.1) is 6.10 Å². The van der Waals surface area contributed by atoms with Crippen LogP contribution in [0.3, 0.4) is 0 Å². The van der Waals surface area contributed by atoms with E-state index in [4.69, 9.17) is 4.42 Å². The van der Waals surface area contributed by atoms with Gasteiger partial charge in [-0.2, -0.15) is 0 Å². The summed E-state index contributed by atoms with van der Waals surface area (Å²) in [5.74, 6) is -0.314. The summed E-state index contributed by atoms with van der Waals surface area (Å²) >= 11 is 0. The van der Waals surface area contributed by atoms with Crippen molar-refractivity contribution in [1.29, 1.82) is 0 Å². The van der Waals surface area contributed by atoms with Crippen LogP contribution in [0.5, 0.6) is 17.2 Å². The van der Waals surface area contributed by atoms with E-state index in [2.05, 4.69) is 13.2 Å². The Morgan fingerprint density at radius 1 is 1.03 bits per heavy atom. The number of allylic oxidation sites excluding steroid dienone is 1. The Kier molecular flexibility index (Phi) is 6.22. The molecule has 0 aliphatic carbocycles. The number of rotatable bonds is 7. The first kappa shape index (κ1) is 22.2. The van der Waals surface area contributed by atoms with Crippen LogP contribution in [-0.2, 0) is 12.8 Å². The third-order valence-electron chi connectivity index (χ3n) is 5.15. The number of aliphatic hydroxyl groups is 1. The maximum atomic E-state index is 12.6. The van der Waals surface area contributed by atoms with E-state index in [-0.39, 0.29) is 40.4 Å². The number of phenolic OH excluding ortho intramolecular Hbond substituents is 3. The number of aryl methyl sites for hydroxylation is 1. The fourth-order valence-electron chi connectivity index (χ4n) is 3.38. The predicted molar refractivity (Wildman–Crippen MR) is 121 cm³/mol. The SMILES string of the molecule is C=C(C)CCc1cc(-c2cc(=O)c3c(O)cc(O)cc3o2)cc(CC(O)C(=C)C)c1O. The molecule has 1 atom stereocenters. The normalized spacial score (nSPS) is 12.1. The Hall–Kier alpha value is -3.51. The summed E-state index contributed by atoms with van der Waals surface area (Å²) in [6.07, 6.45) is 0.481. The molecule has 0 fully saturated rings. The molecule has 1 unspecified atom stereocenters. The number of fused-ring (bicyclic) bond motifs is 1. The van der Waals surface area contributed by atoms with E-state index in [1.54, 1.807) is 19.1 Å². The van der Waals surface area contributed by atoms with Gasteiger partial charge in [0.2, 0.25) is 0 Å². The third kappa shape index (κ3) is 4.81. The summed E-state index contributed by atoms with van der Waals surface area (Å²) in [5.41, 5.74) is 2.75. The maximum absolute atomic E-state index is 12.6. The molecule has 0 amide bonds. The highest BCUT2D eigenvalue weighted by molar-refractivity contribution is 5.86. The molecule has 1 heterocycles. The van der Waals surface area contributed by atoms with Crippen LogP contribution in [0.25, 0.3) is 22.3 Å². The van der Waals surface area contributed by atoms with E-state index in [0.717, 1.165) is 11.6 Å². The minimum absolute atomic E-state index is 0.0271. The number of benzene rings is 2. The highest BCUT2D eigenvalue weighted by atomic mass is 16.3. The molecular formula is C25H26O6. The first-order chi connectivity index (χ1) is 14.6. The molecule has 6 nitrogen and oxygen atoms in total. The largest absolute Gasteiger partial charge is 0.508 e. The average Bonchev–Trinajstić information content (AvgIpc) is 2.67. The molecule has 3 aromatic rings. The Labute approximate surface area is 180 Å². The zero-order valence-corrected chi connectivity index (χ0v) is 17.6. The van der Waals surface area contributed by atoms with Gasteiger partial charge in [0.25, 0.3) is 0 Å². The number of phenols is 3. The van der Waals surface area contributed by atoms with Crippen LogP contribution < -0.4 is 5.43 Å². The van der Waals surface area contributed by atoms with E-state index in [1.165, 1.54) is 12.1 Å². The standard InChI is InChI=1S/C25H26O6/c1-13(2)5-6-15-7-16(8-17(25(15)30)9-19(27)14(3)4)22-12-21(29)24-20(28)10-18(26)11-23(24)31-22/h7-8,10-12,19,26-28,30H,1,3,5-6,9H2,2,4H3. The molecular weight excluding hydrogens is 396 g/mol. The van der Waals surface area contributed by atoms with Crippen molar-refractivity contribution in [2.24, 2.45) is 0 Å². The van der Waals surface area contributed by atoms with Crippen molar-refractivity contribution in [2.75, 3.05) is 0 Å². The van der Waals surface area contributed by atoms with Gasteiger partial charge >= 0.3 is 0 Å². The minimum atomic E-state index is -0.840.